The fourth-order valence-electron chi connectivity index (χ4n) is 2.02. The highest BCUT2D eigenvalue weighted by atomic mass is 16.2. The van der Waals surface area contributed by atoms with Crippen LogP contribution in [0.1, 0.15) is 24.9 Å². The van der Waals surface area contributed by atoms with Gasteiger partial charge in [-0.05, 0) is 17.7 Å². The Kier molecular flexibility index (Phi) is 5.04. The number of carbonyl (C=O) groups is 2. The molecule has 1 atom stereocenters. The third-order valence-corrected chi connectivity index (χ3v) is 2.93. The van der Waals surface area contributed by atoms with Crippen LogP contribution in [-0.2, 0) is 9.59 Å². The molecule has 2 rings (SSSR count). The Morgan fingerprint density at radius 2 is 1.76 bits per heavy atom. The topological polar surface area (TPSA) is 71.1 Å². The highest BCUT2D eigenvalue weighted by Gasteiger charge is 2.16. The molecule has 0 bridgehead atoms. The minimum atomic E-state index is -0.342. The first-order valence-electron chi connectivity index (χ1n) is 6.67. The van der Waals surface area contributed by atoms with E-state index in [0.717, 1.165) is 5.56 Å². The number of rotatable bonds is 5. The maximum Gasteiger partial charge on any atom is 0.226 e. The largest absolute Gasteiger partial charge is 0.349 e. The zero-order valence-corrected chi connectivity index (χ0v) is 11.7. The predicted octanol–water partition coefficient (Wildman–Crippen LogP) is 2.29. The van der Waals surface area contributed by atoms with Gasteiger partial charge in [0.15, 0.2) is 0 Å². The molecule has 0 radical (unpaired) electrons. The Balaban J connectivity index is 2.05. The summed E-state index contributed by atoms with van der Waals surface area (Å²) in [5, 5.41) is 5.59. The Bertz CT molecular complexity index is 599. The number of pyridine rings is 1. The number of nitrogens with one attached hydrogen (secondary N) is 2. The van der Waals surface area contributed by atoms with Gasteiger partial charge in [0.2, 0.25) is 11.8 Å². The van der Waals surface area contributed by atoms with Crippen molar-refractivity contribution in [3.05, 3.63) is 60.4 Å². The summed E-state index contributed by atoms with van der Waals surface area (Å²) in [5.41, 5.74) is 1.59. The lowest BCUT2D eigenvalue weighted by molar-refractivity contribution is -0.120. The van der Waals surface area contributed by atoms with Crippen LogP contribution < -0.4 is 10.6 Å². The highest BCUT2D eigenvalue weighted by Crippen LogP contribution is 2.17. The second-order valence-electron chi connectivity index (χ2n) is 4.65. The van der Waals surface area contributed by atoms with Crippen molar-refractivity contribution in [2.75, 3.05) is 5.32 Å². The molecule has 0 saturated heterocycles. The molecule has 0 unspecified atom stereocenters. The monoisotopic (exact) mass is 283 g/mol. The third-order valence-electron chi connectivity index (χ3n) is 2.93. The average Bonchev–Trinajstić information content (AvgIpc) is 2.48. The number of nitrogens with zero attached hydrogens (tertiary/aromatic N) is 1. The molecule has 5 nitrogen and oxygen atoms in total. The smallest absolute Gasteiger partial charge is 0.226 e. The Hall–Kier alpha value is -2.69. The zero-order chi connectivity index (χ0) is 15.1. The van der Waals surface area contributed by atoms with E-state index < -0.39 is 0 Å². The van der Waals surface area contributed by atoms with Crippen LogP contribution in [0.5, 0.6) is 0 Å². The Morgan fingerprint density at radius 1 is 1.10 bits per heavy atom. The SMILES string of the molecule is CC(=O)N[C@H](CC(=O)Nc1ccncc1)c1ccccc1. The molecule has 5 heteroatoms. The van der Waals surface area contributed by atoms with E-state index in [2.05, 4.69) is 15.6 Å². The molecule has 108 valence electrons. The van der Waals surface area contributed by atoms with Gasteiger partial charge in [-0.15, -0.1) is 0 Å². The van der Waals surface area contributed by atoms with Crippen LogP contribution in [0.4, 0.5) is 5.69 Å². The van der Waals surface area contributed by atoms with Crippen LogP contribution in [-0.4, -0.2) is 16.8 Å². The number of benzene rings is 1. The van der Waals surface area contributed by atoms with Crippen LogP contribution in [0, 0.1) is 0 Å². The van der Waals surface area contributed by atoms with Gasteiger partial charge in [-0.3, -0.25) is 14.6 Å². The van der Waals surface area contributed by atoms with E-state index in [-0.39, 0.29) is 24.3 Å². The number of anilines is 1. The van der Waals surface area contributed by atoms with Gasteiger partial charge in [-0.25, -0.2) is 0 Å². The van der Waals surface area contributed by atoms with E-state index in [1.807, 2.05) is 30.3 Å². The summed E-state index contributed by atoms with van der Waals surface area (Å²) in [7, 11) is 0. The van der Waals surface area contributed by atoms with Gasteiger partial charge in [-0.1, -0.05) is 30.3 Å². The summed E-state index contributed by atoms with van der Waals surface area (Å²) < 4.78 is 0. The van der Waals surface area contributed by atoms with Gasteiger partial charge in [0.05, 0.1) is 12.5 Å². The van der Waals surface area contributed by atoms with Crippen molar-refractivity contribution in [1.82, 2.24) is 10.3 Å². The van der Waals surface area contributed by atoms with Gasteiger partial charge in [0.1, 0.15) is 0 Å². The van der Waals surface area contributed by atoms with E-state index in [0.29, 0.717) is 5.69 Å². The number of carbonyl (C=O) groups excluding carboxylic acids is 2. The molecule has 0 aliphatic rings. The van der Waals surface area contributed by atoms with Crippen LogP contribution >= 0.6 is 0 Å². The molecule has 0 aliphatic carbocycles. The van der Waals surface area contributed by atoms with E-state index in [1.54, 1.807) is 24.5 Å². The van der Waals surface area contributed by atoms with Crippen molar-refractivity contribution in [3.63, 3.8) is 0 Å². The molecule has 21 heavy (non-hydrogen) atoms. The summed E-state index contributed by atoms with van der Waals surface area (Å²) in [4.78, 5) is 27.3. The molecule has 0 aliphatic heterocycles. The molecular formula is C16H17N3O2. The molecule has 0 spiro atoms. The second-order valence-corrected chi connectivity index (χ2v) is 4.65. The lowest BCUT2D eigenvalue weighted by Crippen LogP contribution is -2.29. The van der Waals surface area contributed by atoms with Crippen molar-refractivity contribution in [2.24, 2.45) is 0 Å². The van der Waals surface area contributed by atoms with E-state index in [1.165, 1.54) is 6.92 Å². The van der Waals surface area contributed by atoms with Gasteiger partial charge >= 0.3 is 0 Å². The average molecular weight is 283 g/mol. The molecule has 1 aromatic carbocycles. The van der Waals surface area contributed by atoms with Crippen molar-refractivity contribution in [2.45, 2.75) is 19.4 Å². The molecule has 1 aromatic heterocycles. The molecule has 0 fully saturated rings. The first-order valence-corrected chi connectivity index (χ1v) is 6.67. The van der Waals surface area contributed by atoms with Crippen molar-refractivity contribution in [1.29, 1.82) is 0 Å². The van der Waals surface area contributed by atoms with Crippen LogP contribution in [0.2, 0.25) is 0 Å². The molecule has 2 amide bonds. The van der Waals surface area contributed by atoms with Gasteiger partial charge in [-0.2, -0.15) is 0 Å². The van der Waals surface area contributed by atoms with Gasteiger partial charge in [0.25, 0.3) is 0 Å². The molecule has 2 N–H and O–H groups in total. The number of hydrogen-bond donors (Lipinski definition) is 2. The fourth-order valence-corrected chi connectivity index (χ4v) is 2.02. The minimum absolute atomic E-state index is 0.163. The molecule has 1 heterocycles. The lowest BCUT2D eigenvalue weighted by atomic mass is 10.0. The van der Waals surface area contributed by atoms with E-state index >= 15 is 0 Å². The summed E-state index contributed by atoms with van der Waals surface area (Å²) in [5.74, 6) is -0.329. The predicted molar refractivity (Wildman–Crippen MR) is 80.5 cm³/mol. The number of aromatic nitrogens is 1. The van der Waals surface area contributed by atoms with Crippen LogP contribution in [0.15, 0.2) is 54.9 Å². The third kappa shape index (κ3) is 4.72. The van der Waals surface area contributed by atoms with E-state index in [9.17, 15) is 9.59 Å². The first kappa shape index (κ1) is 14.7. The zero-order valence-electron chi connectivity index (χ0n) is 11.7. The summed E-state index contributed by atoms with van der Waals surface area (Å²) in [6, 6.07) is 12.5. The quantitative estimate of drug-likeness (QED) is 0.884. The van der Waals surface area contributed by atoms with Gasteiger partial charge < -0.3 is 10.6 Å². The van der Waals surface area contributed by atoms with Crippen molar-refractivity contribution in [3.8, 4) is 0 Å². The van der Waals surface area contributed by atoms with E-state index in [4.69, 9.17) is 0 Å². The number of amides is 2. The highest BCUT2D eigenvalue weighted by molar-refractivity contribution is 5.91. The van der Waals surface area contributed by atoms with Gasteiger partial charge in [0, 0.05) is 25.0 Å². The fraction of sp³-hybridized carbons (Fsp3) is 0.188. The normalized spacial score (nSPS) is 11.5. The van der Waals surface area contributed by atoms with Crippen LogP contribution in [0.25, 0.3) is 0 Å². The molecule has 2 aromatic rings. The molecular weight excluding hydrogens is 266 g/mol. The maximum atomic E-state index is 12.1. The standard InChI is InChI=1S/C16H17N3O2/c1-12(20)18-15(13-5-3-2-4-6-13)11-16(21)19-14-7-9-17-10-8-14/h2-10,15H,11H2,1H3,(H,18,20)(H,17,19,21)/t15-/m1/s1. The molecule has 0 saturated carbocycles. The Labute approximate surface area is 123 Å². The second kappa shape index (κ2) is 7.19. The first-order chi connectivity index (χ1) is 10.1. The minimum Gasteiger partial charge on any atom is -0.349 e. The Morgan fingerprint density at radius 3 is 2.38 bits per heavy atom. The number of hydrogen-bond acceptors (Lipinski definition) is 3. The summed E-state index contributed by atoms with van der Waals surface area (Å²) in [6.45, 7) is 1.44. The summed E-state index contributed by atoms with van der Waals surface area (Å²) >= 11 is 0. The lowest BCUT2D eigenvalue weighted by Gasteiger charge is -2.18. The summed E-state index contributed by atoms with van der Waals surface area (Å²) in [6.07, 6.45) is 3.39. The van der Waals surface area contributed by atoms with Crippen molar-refractivity contribution < 1.29 is 9.59 Å². The van der Waals surface area contributed by atoms with Crippen LogP contribution in [0.3, 0.4) is 0 Å². The maximum absolute atomic E-state index is 12.1. The van der Waals surface area contributed by atoms with Crippen molar-refractivity contribution >= 4 is 17.5 Å².